The number of rotatable bonds is 3. The van der Waals surface area contributed by atoms with Gasteiger partial charge in [-0.25, -0.2) is 0 Å². The Morgan fingerprint density at radius 2 is 1.94 bits per heavy atom. The molecule has 1 aromatic carbocycles. The largest absolute Gasteiger partial charge is 0.0669 e. The van der Waals surface area contributed by atoms with E-state index in [0.29, 0.717) is 0 Å². The summed E-state index contributed by atoms with van der Waals surface area (Å²) < 4.78 is 0. The summed E-state index contributed by atoms with van der Waals surface area (Å²) >= 11 is 0. The maximum atomic E-state index is 2.34. The highest BCUT2D eigenvalue weighted by molar-refractivity contribution is 5.51. The predicted octanol–water partition coefficient (Wildman–Crippen LogP) is 5.08. The van der Waals surface area contributed by atoms with Gasteiger partial charge in [-0.05, 0) is 36.7 Å². The smallest absolute Gasteiger partial charge is 0.0177 e. The first-order valence-electron chi connectivity index (χ1n) is 6.69. The standard InChI is InChI=1S/C17H22/c1-14(2)17-13-7-12-16(17)11-6-10-15-8-4-3-5-9-15/h3-6,8-11,14,17H,7,12-13H2,1-2H3/b10-6+,16-11-/t17-/m0/s1. The van der Waals surface area contributed by atoms with Crippen molar-refractivity contribution in [3.63, 3.8) is 0 Å². The third-order valence-corrected chi connectivity index (χ3v) is 3.66. The van der Waals surface area contributed by atoms with Crippen LogP contribution in [0.5, 0.6) is 0 Å². The normalized spacial score (nSPS) is 23.0. The summed E-state index contributed by atoms with van der Waals surface area (Å²) in [6.45, 7) is 4.68. The molecular formula is C17H22. The lowest BCUT2D eigenvalue weighted by molar-refractivity contribution is 0.453. The average molecular weight is 226 g/mol. The van der Waals surface area contributed by atoms with E-state index in [2.05, 4.69) is 62.4 Å². The fourth-order valence-electron chi connectivity index (χ4n) is 2.71. The van der Waals surface area contributed by atoms with Gasteiger partial charge in [0.1, 0.15) is 0 Å². The van der Waals surface area contributed by atoms with E-state index in [-0.39, 0.29) is 0 Å². The van der Waals surface area contributed by atoms with E-state index in [0.717, 1.165) is 11.8 Å². The molecule has 0 nitrogen and oxygen atoms in total. The van der Waals surface area contributed by atoms with Gasteiger partial charge in [0.15, 0.2) is 0 Å². The summed E-state index contributed by atoms with van der Waals surface area (Å²) in [6.07, 6.45) is 10.8. The first-order valence-corrected chi connectivity index (χ1v) is 6.69. The van der Waals surface area contributed by atoms with Crippen LogP contribution in [0.4, 0.5) is 0 Å². The van der Waals surface area contributed by atoms with Gasteiger partial charge in [-0.3, -0.25) is 0 Å². The zero-order valence-corrected chi connectivity index (χ0v) is 10.9. The summed E-state index contributed by atoms with van der Waals surface area (Å²) in [4.78, 5) is 0. The van der Waals surface area contributed by atoms with Crippen LogP contribution in [0.3, 0.4) is 0 Å². The van der Waals surface area contributed by atoms with Crippen LogP contribution in [0.25, 0.3) is 6.08 Å². The van der Waals surface area contributed by atoms with Crippen LogP contribution < -0.4 is 0 Å². The van der Waals surface area contributed by atoms with Crippen molar-refractivity contribution in [1.29, 1.82) is 0 Å². The SMILES string of the molecule is CC(C)[C@@H]1CCC/C1=C/C=C/c1ccccc1. The van der Waals surface area contributed by atoms with Gasteiger partial charge in [-0.1, -0.05) is 68.0 Å². The second-order valence-electron chi connectivity index (χ2n) is 5.25. The average Bonchev–Trinajstić information content (AvgIpc) is 2.79. The Morgan fingerprint density at radius 3 is 2.65 bits per heavy atom. The third kappa shape index (κ3) is 3.33. The first kappa shape index (κ1) is 12.2. The Balaban J connectivity index is 2.03. The van der Waals surface area contributed by atoms with Crippen LogP contribution in [0, 0.1) is 11.8 Å². The molecule has 0 N–H and O–H groups in total. The molecule has 0 radical (unpaired) electrons. The lowest BCUT2D eigenvalue weighted by Crippen LogP contribution is -2.05. The van der Waals surface area contributed by atoms with Crippen LogP contribution in [0.2, 0.25) is 0 Å². The molecule has 0 spiro atoms. The Hall–Kier alpha value is -1.30. The molecule has 1 atom stereocenters. The van der Waals surface area contributed by atoms with Crippen molar-refractivity contribution in [2.24, 2.45) is 11.8 Å². The van der Waals surface area contributed by atoms with E-state index in [1.165, 1.54) is 24.8 Å². The van der Waals surface area contributed by atoms with Crippen LogP contribution in [0.15, 0.2) is 48.1 Å². The zero-order chi connectivity index (χ0) is 12.1. The molecule has 0 aliphatic heterocycles. The Morgan fingerprint density at radius 1 is 1.18 bits per heavy atom. The van der Waals surface area contributed by atoms with Gasteiger partial charge < -0.3 is 0 Å². The van der Waals surface area contributed by atoms with Gasteiger partial charge in [-0.15, -0.1) is 0 Å². The van der Waals surface area contributed by atoms with E-state index in [9.17, 15) is 0 Å². The summed E-state index contributed by atoms with van der Waals surface area (Å²) in [6, 6.07) is 10.5. The molecule has 1 aromatic rings. The molecule has 0 unspecified atom stereocenters. The Labute approximate surface area is 105 Å². The molecule has 0 heterocycles. The Kier molecular flexibility index (Phi) is 4.19. The van der Waals surface area contributed by atoms with E-state index >= 15 is 0 Å². The second-order valence-corrected chi connectivity index (χ2v) is 5.25. The van der Waals surface area contributed by atoms with E-state index in [4.69, 9.17) is 0 Å². The molecule has 17 heavy (non-hydrogen) atoms. The van der Waals surface area contributed by atoms with Crippen LogP contribution in [-0.2, 0) is 0 Å². The van der Waals surface area contributed by atoms with Gasteiger partial charge in [0.05, 0.1) is 0 Å². The highest BCUT2D eigenvalue weighted by Crippen LogP contribution is 2.36. The van der Waals surface area contributed by atoms with Gasteiger partial charge >= 0.3 is 0 Å². The summed E-state index contributed by atoms with van der Waals surface area (Å²) in [5, 5.41) is 0. The van der Waals surface area contributed by atoms with E-state index in [1.54, 1.807) is 5.57 Å². The lowest BCUT2D eigenvalue weighted by Gasteiger charge is -2.15. The van der Waals surface area contributed by atoms with Crippen LogP contribution in [0.1, 0.15) is 38.7 Å². The molecule has 1 fully saturated rings. The fraction of sp³-hybridized carbons (Fsp3) is 0.412. The quantitative estimate of drug-likeness (QED) is 0.674. The Bertz CT molecular complexity index is 395. The van der Waals surface area contributed by atoms with Gasteiger partial charge in [0.25, 0.3) is 0 Å². The van der Waals surface area contributed by atoms with Gasteiger partial charge in [0.2, 0.25) is 0 Å². The van der Waals surface area contributed by atoms with E-state index in [1.807, 2.05) is 0 Å². The lowest BCUT2D eigenvalue weighted by atomic mass is 9.90. The molecule has 0 bridgehead atoms. The third-order valence-electron chi connectivity index (χ3n) is 3.66. The van der Waals surface area contributed by atoms with E-state index < -0.39 is 0 Å². The van der Waals surface area contributed by atoms with Crippen molar-refractivity contribution in [3.05, 3.63) is 53.6 Å². The molecular weight excluding hydrogens is 204 g/mol. The molecule has 90 valence electrons. The highest BCUT2D eigenvalue weighted by Gasteiger charge is 2.22. The molecule has 0 heteroatoms. The summed E-state index contributed by atoms with van der Waals surface area (Å²) in [7, 11) is 0. The number of benzene rings is 1. The van der Waals surface area contributed by atoms with Crippen molar-refractivity contribution >= 4 is 6.08 Å². The highest BCUT2D eigenvalue weighted by atomic mass is 14.3. The minimum atomic E-state index is 0.786. The van der Waals surface area contributed by atoms with Crippen molar-refractivity contribution in [3.8, 4) is 0 Å². The van der Waals surface area contributed by atoms with Crippen molar-refractivity contribution in [1.82, 2.24) is 0 Å². The topological polar surface area (TPSA) is 0 Å². The molecule has 0 aromatic heterocycles. The fourth-order valence-corrected chi connectivity index (χ4v) is 2.71. The van der Waals surface area contributed by atoms with Crippen LogP contribution >= 0.6 is 0 Å². The zero-order valence-electron chi connectivity index (χ0n) is 10.9. The van der Waals surface area contributed by atoms with Gasteiger partial charge in [-0.2, -0.15) is 0 Å². The number of hydrogen-bond donors (Lipinski definition) is 0. The van der Waals surface area contributed by atoms with Crippen molar-refractivity contribution in [2.45, 2.75) is 33.1 Å². The number of hydrogen-bond acceptors (Lipinski definition) is 0. The maximum absolute atomic E-state index is 2.34. The molecule has 0 saturated heterocycles. The van der Waals surface area contributed by atoms with Crippen molar-refractivity contribution < 1.29 is 0 Å². The minimum Gasteiger partial charge on any atom is -0.0669 e. The number of allylic oxidation sites excluding steroid dienone is 3. The second kappa shape index (κ2) is 5.86. The first-order chi connectivity index (χ1) is 8.27. The molecule has 1 aliphatic carbocycles. The molecule has 1 saturated carbocycles. The predicted molar refractivity (Wildman–Crippen MR) is 75.7 cm³/mol. The van der Waals surface area contributed by atoms with Crippen LogP contribution in [-0.4, -0.2) is 0 Å². The van der Waals surface area contributed by atoms with Crippen molar-refractivity contribution in [2.75, 3.05) is 0 Å². The maximum Gasteiger partial charge on any atom is -0.0177 e. The summed E-state index contributed by atoms with van der Waals surface area (Å²) in [5.74, 6) is 1.60. The minimum absolute atomic E-state index is 0.786. The molecule has 2 rings (SSSR count). The summed E-state index contributed by atoms with van der Waals surface area (Å²) in [5.41, 5.74) is 2.93. The molecule has 0 amide bonds. The molecule has 1 aliphatic rings. The van der Waals surface area contributed by atoms with Gasteiger partial charge in [0, 0.05) is 0 Å². The monoisotopic (exact) mass is 226 g/mol.